The Morgan fingerprint density at radius 1 is 1.12 bits per heavy atom. The van der Waals surface area contributed by atoms with Crippen molar-refractivity contribution < 1.29 is 38.1 Å². The zero-order chi connectivity index (χ0) is 24.6. The van der Waals surface area contributed by atoms with Gasteiger partial charge in [0.2, 0.25) is 0 Å². The monoisotopic (exact) mass is 479 g/mol. The van der Waals surface area contributed by atoms with Gasteiger partial charge in [-0.15, -0.1) is 0 Å². The normalized spacial score (nSPS) is 28.5. The molecule has 1 heterocycles. The van der Waals surface area contributed by atoms with Crippen LogP contribution < -0.4 is 5.32 Å². The molecule has 0 bridgehead atoms. The lowest BCUT2D eigenvalue weighted by Gasteiger charge is -2.41. The third-order valence-electron chi connectivity index (χ3n) is 6.25. The van der Waals surface area contributed by atoms with Crippen molar-refractivity contribution in [3.63, 3.8) is 0 Å². The predicted molar refractivity (Wildman–Crippen MR) is 121 cm³/mol. The molecule has 0 spiro atoms. The minimum atomic E-state index is -3.63. The van der Waals surface area contributed by atoms with Crippen LogP contribution in [0.3, 0.4) is 0 Å². The molecule has 188 valence electrons. The molecule has 7 atom stereocenters. The van der Waals surface area contributed by atoms with Gasteiger partial charge in [-0.2, -0.15) is 0 Å². The van der Waals surface area contributed by atoms with Crippen molar-refractivity contribution in [1.82, 2.24) is 5.32 Å². The molecule has 32 heavy (non-hydrogen) atoms. The second-order valence-corrected chi connectivity index (χ2v) is 11.7. The van der Waals surface area contributed by atoms with Crippen molar-refractivity contribution in [2.75, 3.05) is 25.2 Å². The number of aliphatic hydroxyl groups excluding tert-OH is 3. The highest BCUT2D eigenvalue weighted by Crippen LogP contribution is 2.28. The van der Waals surface area contributed by atoms with Gasteiger partial charge in [-0.05, 0) is 39.2 Å². The fourth-order valence-corrected chi connectivity index (χ4v) is 5.85. The zero-order valence-electron chi connectivity index (χ0n) is 19.9. The van der Waals surface area contributed by atoms with Crippen LogP contribution in [0.2, 0.25) is 0 Å². The Hall–Kier alpha value is -0.910. The fraction of sp³-hybridized carbons (Fsp3) is 0.909. The summed E-state index contributed by atoms with van der Waals surface area (Å²) >= 11 is 0. The number of carbonyl (C=O) groups is 2. The van der Waals surface area contributed by atoms with Gasteiger partial charge in [0.15, 0.2) is 9.84 Å². The van der Waals surface area contributed by atoms with E-state index in [1.54, 1.807) is 14.0 Å². The highest BCUT2D eigenvalue weighted by atomic mass is 32.2. The molecule has 1 fully saturated rings. The van der Waals surface area contributed by atoms with Gasteiger partial charge in [-0.25, -0.2) is 8.42 Å². The third kappa shape index (κ3) is 8.79. The molecule has 10 heteroatoms. The van der Waals surface area contributed by atoms with Crippen molar-refractivity contribution in [2.24, 2.45) is 17.8 Å². The van der Waals surface area contributed by atoms with Gasteiger partial charge in [0.1, 0.15) is 17.7 Å². The van der Waals surface area contributed by atoms with Gasteiger partial charge < -0.3 is 25.4 Å². The number of sulfone groups is 1. The van der Waals surface area contributed by atoms with Gasteiger partial charge in [0.05, 0.1) is 42.5 Å². The molecule has 1 aliphatic heterocycles. The lowest BCUT2D eigenvalue weighted by Crippen LogP contribution is -2.54. The largest absolute Gasteiger partial charge is 0.394 e. The van der Waals surface area contributed by atoms with Crippen molar-refractivity contribution >= 4 is 21.4 Å². The number of hydrogen-bond acceptors (Lipinski definition) is 9. The minimum absolute atomic E-state index is 0.125. The van der Waals surface area contributed by atoms with E-state index in [2.05, 4.69) is 5.32 Å². The molecule has 1 aliphatic rings. The van der Waals surface area contributed by atoms with Crippen molar-refractivity contribution in [1.29, 1.82) is 0 Å². The Morgan fingerprint density at radius 3 is 2.25 bits per heavy atom. The summed E-state index contributed by atoms with van der Waals surface area (Å²) in [6, 6.07) is -0.419. The highest BCUT2D eigenvalue weighted by Gasteiger charge is 2.41. The lowest BCUT2D eigenvalue weighted by atomic mass is 9.87. The number of nitrogens with one attached hydrogen (secondary N) is 1. The molecule has 0 aromatic rings. The maximum absolute atomic E-state index is 12.6. The summed E-state index contributed by atoms with van der Waals surface area (Å²) in [5, 5.41) is 32.7. The number of aliphatic hydroxyl groups is 3. The van der Waals surface area contributed by atoms with Crippen LogP contribution in [0.1, 0.15) is 53.4 Å². The van der Waals surface area contributed by atoms with Gasteiger partial charge in [-0.3, -0.25) is 9.59 Å². The summed E-state index contributed by atoms with van der Waals surface area (Å²) in [6.45, 7) is 6.63. The van der Waals surface area contributed by atoms with Gasteiger partial charge in [-0.1, -0.05) is 20.8 Å². The Balaban J connectivity index is 2.67. The number of Topliss-reactive ketones (excluding diaryl/α,β-unsaturated/α-hetero) is 2. The molecule has 0 saturated carbocycles. The molecule has 1 rings (SSSR count). The van der Waals surface area contributed by atoms with E-state index in [0.29, 0.717) is 6.42 Å². The van der Waals surface area contributed by atoms with Crippen LogP contribution in [0.15, 0.2) is 0 Å². The molecule has 4 N–H and O–H groups in total. The molecule has 0 aromatic heterocycles. The molecular formula is C22H41NO8S. The van der Waals surface area contributed by atoms with Crippen LogP contribution >= 0.6 is 0 Å². The fourth-order valence-electron chi connectivity index (χ4n) is 4.11. The molecule has 1 saturated heterocycles. The first-order valence-electron chi connectivity index (χ1n) is 11.4. The average Bonchev–Trinajstić information content (AvgIpc) is 2.70. The average molecular weight is 480 g/mol. The summed E-state index contributed by atoms with van der Waals surface area (Å²) < 4.78 is 30.9. The third-order valence-corrected chi connectivity index (χ3v) is 8.07. The summed E-state index contributed by atoms with van der Waals surface area (Å²) in [4.78, 5) is 24.6. The smallest absolute Gasteiger partial charge is 0.151 e. The maximum atomic E-state index is 12.6. The molecule has 0 radical (unpaired) electrons. The standard InChI is InChI=1S/C22H41NO8S/c1-13(2)9-17(23-5)18(26)10-16(15(4)25)12-32(29,30)8-6-7-19-22(28)21(27)14(3)20(11-24)31-19/h13-14,16-17,19-24,27-28H,6-12H2,1-5H3/t14?,16-,17-,19+,20?,21-,22?/m0/s1. The van der Waals surface area contributed by atoms with E-state index < -0.39 is 57.9 Å². The first kappa shape index (κ1) is 29.1. The Kier molecular flexibility index (Phi) is 11.9. The van der Waals surface area contributed by atoms with Crippen molar-refractivity contribution in [2.45, 2.75) is 83.8 Å². The van der Waals surface area contributed by atoms with E-state index in [9.17, 15) is 33.3 Å². The number of rotatable bonds is 14. The van der Waals surface area contributed by atoms with E-state index >= 15 is 0 Å². The van der Waals surface area contributed by atoms with Crippen LogP contribution in [0, 0.1) is 17.8 Å². The van der Waals surface area contributed by atoms with E-state index in [1.165, 1.54) is 6.92 Å². The first-order chi connectivity index (χ1) is 14.8. The lowest BCUT2D eigenvalue weighted by molar-refractivity contribution is -0.205. The van der Waals surface area contributed by atoms with Crippen LogP contribution in [0.5, 0.6) is 0 Å². The second kappa shape index (κ2) is 13.1. The maximum Gasteiger partial charge on any atom is 0.151 e. The van der Waals surface area contributed by atoms with E-state index in [-0.39, 0.29) is 49.1 Å². The molecule has 0 aliphatic carbocycles. The highest BCUT2D eigenvalue weighted by molar-refractivity contribution is 7.91. The molecule has 0 amide bonds. The zero-order valence-corrected chi connectivity index (χ0v) is 20.7. The van der Waals surface area contributed by atoms with Crippen LogP contribution in [-0.4, -0.2) is 90.9 Å². The topological polar surface area (TPSA) is 150 Å². The van der Waals surface area contributed by atoms with E-state index in [1.807, 2.05) is 13.8 Å². The summed E-state index contributed by atoms with van der Waals surface area (Å²) in [6.07, 6.45) is -2.83. The van der Waals surface area contributed by atoms with E-state index in [0.717, 1.165) is 0 Å². The Labute approximate surface area is 191 Å². The van der Waals surface area contributed by atoms with Crippen molar-refractivity contribution in [3.8, 4) is 0 Å². The summed E-state index contributed by atoms with van der Waals surface area (Å²) in [7, 11) is -1.96. The number of ketones is 2. The summed E-state index contributed by atoms with van der Waals surface area (Å²) in [5.74, 6) is -2.20. The van der Waals surface area contributed by atoms with Gasteiger partial charge in [0.25, 0.3) is 0 Å². The van der Waals surface area contributed by atoms with Crippen LogP contribution in [0.4, 0.5) is 0 Å². The number of carbonyl (C=O) groups excluding carboxylic acids is 2. The van der Waals surface area contributed by atoms with E-state index in [4.69, 9.17) is 4.74 Å². The Bertz CT molecular complexity index is 709. The Morgan fingerprint density at radius 2 is 1.75 bits per heavy atom. The van der Waals surface area contributed by atoms with Gasteiger partial charge >= 0.3 is 0 Å². The van der Waals surface area contributed by atoms with Crippen molar-refractivity contribution in [3.05, 3.63) is 0 Å². The minimum Gasteiger partial charge on any atom is -0.394 e. The second-order valence-electron chi connectivity index (χ2n) is 9.44. The van der Waals surface area contributed by atoms with Crippen LogP contribution in [-0.2, 0) is 24.2 Å². The predicted octanol–water partition coefficient (Wildman–Crippen LogP) is 0.0975. The molecular weight excluding hydrogens is 438 g/mol. The quantitative estimate of drug-likeness (QED) is 0.272. The SMILES string of the molecule is CN[C@@H](CC(C)C)C(=O)C[C@@H](CS(=O)(=O)CCC[C@H]1OC(CO)C(C)[C@H](O)C1O)C(C)=O. The number of likely N-dealkylation sites (N-methyl/N-ethyl adjacent to an activating group) is 1. The van der Waals surface area contributed by atoms with Gasteiger partial charge in [0, 0.05) is 18.3 Å². The van der Waals surface area contributed by atoms with Crippen LogP contribution in [0.25, 0.3) is 0 Å². The molecule has 3 unspecified atom stereocenters. The number of ether oxygens (including phenoxy) is 1. The molecule has 9 nitrogen and oxygen atoms in total. The molecule has 0 aromatic carbocycles. The summed E-state index contributed by atoms with van der Waals surface area (Å²) in [5.41, 5.74) is 0. The number of hydrogen-bond donors (Lipinski definition) is 4. The first-order valence-corrected chi connectivity index (χ1v) is 13.2.